The van der Waals surface area contributed by atoms with Crippen LogP contribution in [0.1, 0.15) is 39.2 Å². The average molecular weight is 607 g/mol. The standard InChI is InChI=1S/C27H32Cl2F3N3O3S/c1-26(2,3)38-25(37)34-13-11-18(12-14-34)16-33(4)24(36)17-35(39-21-8-6-20(28)7-9-21)23-15-19(27(30,31)32)5-10-22(23)29/h5-10,15,18H,11-14,16-17H2,1-4H3. The minimum absolute atomic E-state index is 0.0823. The maximum absolute atomic E-state index is 13.5. The molecule has 2 aromatic rings. The highest BCUT2D eigenvalue weighted by atomic mass is 35.5. The Balaban J connectivity index is 1.69. The second kappa shape index (κ2) is 12.9. The predicted octanol–water partition coefficient (Wildman–Crippen LogP) is 7.63. The molecule has 1 aliphatic rings. The van der Waals surface area contributed by atoms with Crippen LogP contribution < -0.4 is 4.31 Å². The average Bonchev–Trinajstić information content (AvgIpc) is 2.84. The van der Waals surface area contributed by atoms with Crippen molar-refractivity contribution in [1.82, 2.24) is 9.80 Å². The molecular formula is C27H32Cl2F3N3O3S. The number of carbonyl (C=O) groups excluding carboxylic acids is 2. The number of carbonyl (C=O) groups is 2. The van der Waals surface area contributed by atoms with E-state index in [1.165, 1.54) is 10.4 Å². The molecule has 0 bridgehead atoms. The van der Waals surface area contributed by atoms with Gasteiger partial charge in [0.25, 0.3) is 0 Å². The van der Waals surface area contributed by atoms with Crippen LogP contribution in [0.4, 0.5) is 23.7 Å². The molecule has 39 heavy (non-hydrogen) atoms. The van der Waals surface area contributed by atoms with E-state index in [-0.39, 0.29) is 35.2 Å². The number of piperidine rings is 1. The summed E-state index contributed by atoms with van der Waals surface area (Å²) in [5, 5.41) is 0.603. The molecule has 0 spiro atoms. The Morgan fingerprint density at radius 3 is 2.23 bits per heavy atom. The third kappa shape index (κ3) is 9.39. The van der Waals surface area contributed by atoms with E-state index in [9.17, 15) is 22.8 Å². The summed E-state index contributed by atoms with van der Waals surface area (Å²) in [5.74, 6) is -0.105. The van der Waals surface area contributed by atoms with Crippen LogP contribution in [0.3, 0.4) is 0 Å². The SMILES string of the molecule is CN(CC1CCN(C(=O)OC(C)(C)C)CC1)C(=O)CN(Sc1ccc(Cl)cc1)c1cc(C(F)(F)F)ccc1Cl. The Kier molecular flexibility index (Phi) is 10.3. The molecule has 1 heterocycles. The van der Waals surface area contributed by atoms with E-state index in [1.807, 2.05) is 20.8 Å². The van der Waals surface area contributed by atoms with Crippen molar-refractivity contribution in [2.45, 2.75) is 50.3 Å². The summed E-state index contributed by atoms with van der Waals surface area (Å²) in [6, 6.07) is 9.80. The maximum Gasteiger partial charge on any atom is 0.416 e. The van der Waals surface area contributed by atoms with Gasteiger partial charge in [-0.3, -0.25) is 4.79 Å². The Morgan fingerprint density at radius 1 is 1.05 bits per heavy atom. The molecule has 0 saturated carbocycles. The van der Waals surface area contributed by atoms with Crippen LogP contribution in [-0.2, 0) is 15.7 Å². The van der Waals surface area contributed by atoms with Gasteiger partial charge in [-0.1, -0.05) is 23.2 Å². The van der Waals surface area contributed by atoms with Gasteiger partial charge in [-0.2, -0.15) is 13.2 Å². The van der Waals surface area contributed by atoms with Crippen LogP contribution in [0.2, 0.25) is 10.0 Å². The number of hydrogen-bond acceptors (Lipinski definition) is 5. The van der Waals surface area contributed by atoms with Gasteiger partial charge in [0.2, 0.25) is 5.91 Å². The minimum Gasteiger partial charge on any atom is -0.444 e. The Labute approximate surface area is 241 Å². The smallest absolute Gasteiger partial charge is 0.416 e. The summed E-state index contributed by atoms with van der Waals surface area (Å²) in [4.78, 5) is 29.5. The number of rotatable bonds is 7. The molecule has 0 N–H and O–H groups in total. The number of nitrogens with zero attached hydrogens (tertiary/aromatic N) is 3. The zero-order chi connectivity index (χ0) is 29.0. The normalized spacial score (nSPS) is 14.7. The van der Waals surface area contributed by atoms with Crippen molar-refractivity contribution in [3.05, 3.63) is 58.1 Å². The summed E-state index contributed by atoms with van der Waals surface area (Å²) < 4.78 is 47.3. The second-order valence-corrected chi connectivity index (χ2v) is 12.4. The van der Waals surface area contributed by atoms with Gasteiger partial charge in [0.15, 0.2) is 0 Å². The third-order valence-corrected chi connectivity index (χ3v) is 7.68. The molecule has 0 aromatic heterocycles. The van der Waals surface area contributed by atoms with Crippen LogP contribution in [0, 0.1) is 5.92 Å². The lowest BCUT2D eigenvalue weighted by atomic mass is 9.96. The van der Waals surface area contributed by atoms with Crippen molar-refractivity contribution in [3.63, 3.8) is 0 Å². The largest absolute Gasteiger partial charge is 0.444 e. The fourth-order valence-electron chi connectivity index (χ4n) is 4.03. The van der Waals surface area contributed by atoms with Crippen LogP contribution in [0.15, 0.2) is 47.4 Å². The molecule has 0 unspecified atom stereocenters. The van der Waals surface area contributed by atoms with Gasteiger partial charge in [0, 0.05) is 36.6 Å². The Hall–Kier alpha value is -2.30. The van der Waals surface area contributed by atoms with Gasteiger partial charge in [-0.25, -0.2) is 4.79 Å². The molecule has 6 nitrogen and oxygen atoms in total. The molecule has 3 rings (SSSR count). The number of benzene rings is 2. The lowest BCUT2D eigenvalue weighted by Crippen LogP contribution is -2.45. The molecule has 1 saturated heterocycles. The first-order chi connectivity index (χ1) is 18.1. The fraction of sp³-hybridized carbons (Fsp3) is 0.481. The zero-order valence-electron chi connectivity index (χ0n) is 22.2. The monoisotopic (exact) mass is 605 g/mol. The minimum atomic E-state index is -4.56. The van der Waals surface area contributed by atoms with Crippen molar-refractivity contribution in [1.29, 1.82) is 0 Å². The number of likely N-dealkylation sites (tertiary alicyclic amines) is 1. The first-order valence-electron chi connectivity index (χ1n) is 12.4. The van der Waals surface area contributed by atoms with Crippen LogP contribution in [0.5, 0.6) is 0 Å². The van der Waals surface area contributed by atoms with Crippen molar-refractivity contribution in [2.75, 3.05) is 37.5 Å². The molecule has 2 amide bonds. The van der Waals surface area contributed by atoms with E-state index in [0.29, 0.717) is 42.4 Å². The van der Waals surface area contributed by atoms with E-state index in [0.717, 1.165) is 24.1 Å². The van der Waals surface area contributed by atoms with E-state index < -0.39 is 17.3 Å². The molecule has 214 valence electrons. The lowest BCUT2D eigenvalue weighted by molar-refractivity contribution is -0.137. The molecule has 0 aliphatic carbocycles. The highest BCUT2D eigenvalue weighted by Crippen LogP contribution is 2.39. The van der Waals surface area contributed by atoms with E-state index in [4.69, 9.17) is 27.9 Å². The van der Waals surface area contributed by atoms with E-state index >= 15 is 0 Å². The topological polar surface area (TPSA) is 53.1 Å². The van der Waals surface area contributed by atoms with E-state index in [2.05, 4.69) is 0 Å². The number of anilines is 1. The summed E-state index contributed by atoms with van der Waals surface area (Å²) in [5.41, 5.74) is -1.35. The van der Waals surface area contributed by atoms with Crippen LogP contribution in [0.25, 0.3) is 0 Å². The number of halogens is 5. The first-order valence-corrected chi connectivity index (χ1v) is 13.9. The fourth-order valence-corrected chi connectivity index (χ4v) is 5.36. The molecule has 2 aromatic carbocycles. The van der Waals surface area contributed by atoms with Gasteiger partial charge >= 0.3 is 12.3 Å². The summed E-state index contributed by atoms with van der Waals surface area (Å²) in [7, 11) is 1.67. The lowest BCUT2D eigenvalue weighted by Gasteiger charge is -2.35. The number of hydrogen-bond donors (Lipinski definition) is 0. The molecule has 1 aliphatic heterocycles. The second-order valence-electron chi connectivity index (χ2n) is 10.4. The van der Waals surface area contributed by atoms with Crippen molar-refractivity contribution in [2.24, 2.45) is 5.92 Å². The molecule has 0 atom stereocenters. The highest BCUT2D eigenvalue weighted by Gasteiger charge is 2.32. The van der Waals surface area contributed by atoms with Crippen molar-refractivity contribution >= 4 is 52.8 Å². The molecular weight excluding hydrogens is 574 g/mol. The number of alkyl halides is 3. The van der Waals surface area contributed by atoms with E-state index in [1.54, 1.807) is 41.1 Å². The first kappa shape index (κ1) is 31.2. The van der Waals surface area contributed by atoms with Crippen molar-refractivity contribution < 1.29 is 27.5 Å². The molecule has 0 radical (unpaired) electrons. The van der Waals surface area contributed by atoms with Gasteiger partial charge in [0.1, 0.15) is 12.1 Å². The molecule has 1 fully saturated rings. The number of amides is 2. The maximum atomic E-state index is 13.5. The summed E-state index contributed by atoms with van der Waals surface area (Å²) >= 11 is 13.4. The highest BCUT2D eigenvalue weighted by molar-refractivity contribution is 8.00. The number of ether oxygens (including phenoxy) is 1. The van der Waals surface area contributed by atoms with Gasteiger partial charge < -0.3 is 18.8 Å². The number of likely N-dealkylation sites (N-methyl/N-ethyl adjacent to an activating group) is 1. The Morgan fingerprint density at radius 2 is 1.67 bits per heavy atom. The van der Waals surface area contributed by atoms with Crippen molar-refractivity contribution in [3.8, 4) is 0 Å². The summed E-state index contributed by atoms with van der Waals surface area (Å²) in [6.45, 7) is 6.76. The summed E-state index contributed by atoms with van der Waals surface area (Å²) in [6.07, 6.45) is -3.50. The third-order valence-electron chi connectivity index (χ3n) is 6.07. The predicted molar refractivity (Wildman–Crippen MR) is 149 cm³/mol. The molecule has 12 heteroatoms. The van der Waals surface area contributed by atoms with Gasteiger partial charge in [-0.15, -0.1) is 0 Å². The quantitative estimate of drug-likeness (QED) is 0.304. The van der Waals surface area contributed by atoms with Gasteiger partial charge in [0.05, 0.1) is 16.3 Å². The van der Waals surface area contributed by atoms with Crippen LogP contribution >= 0.6 is 35.1 Å². The Bertz CT molecular complexity index is 1150. The zero-order valence-corrected chi connectivity index (χ0v) is 24.6. The van der Waals surface area contributed by atoms with Gasteiger partial charge in [-0.05, 0) is 93.9 Å². The van der Waals surface area contributed by atoms with Crippen LogP contribution in [-0.4, -0.2) is 60.6 Å².